The molecule has 0 aliphatic heterocycles. The summed E-state index contributed by atoms with van der Waals surface area (Å²) < 4.78 is 0. The van der Waals surface area contributed by atoms with Gasteiger partial charge in [-0.25, -0.2) is 0 Å². The highest BCUT2D eigenvalue weighted by Crippen LogP contribution is 2.53. The Bertz CT molecular complexity index is 3100. The van der Waals surface area contributed by atoms with Crippen LogP contribution < -0.4 is 9.80 Å². The van der Waals surface area contributed by atoms with Gasteiger partial charge in [-0.2, -0.15) is 0 Å². The van der Waals surface area contributed by atoms with E-state index in [0.717, 1.165) is 11.4 Å². The van der Waals surface area contributed by atoms with Crippen molar-refractivity contribution < 1.29 is 0 Å². The van der Waals surface area contributed by atoms with Crippen molar-refractivity contribution in [2.45, 2.75) is 67.2 Å². The number of rotatable bonds is 10. The van der Waals surface area contributed by atoms with E-state index in [9.17, 15) is 0 Å². The van der Waals surface area contributed by atoms with Crippen LogP contribution in [-0.2, 0) is 0 Å². The number of aryl methyl sites for hydroxylation is 4. The van der Waals surface area contributed by atoms with Crippen molar-refractivity contribution >= 4 is 66.4 Å². The summed E-state index contributed by atoms with van der Waals surface area (Å²) in [5, 5.41) is 7.78. The second-order valence-electron chi connectivity index (χ2n) is 18.4. The first-order valence-corrected chi connectivity index (χ1v) is 22.9. The minimum atomic E-state index is 0.279. The SMILES string of the molecule is Cc1cccc(N(c2c(C)cccc2-c2ccccc2)c2cc(C(C)C)c3ccc4c(N(c5cccc(C)c5)c5c(C)cccc5-c5ccccc5)cc(C(C)C)c5ccc2c3c54)c1. The molecule has 2 nitrogen and oxygen atoms in total. The second kappa shape index (κ2) is 16.5. The van der Waals surface area contributed by atoms with Gasteiger partial charge >= 0.3 is 0 Å². The molecule has 64 heavy (non-hydrogen) atoms. The third-order valence-corrected chi connectivity index (χ3v) is 13.3. The van der Waals surface area contributed by atoms with Gasteiger partial charge in [0.2, 0.25) is 0 Å². The van der Waals surface area contributed by atoms with Crippen LogP contribution >= 0.6 is 0 Å². The molecular weight excluding hydrogens is 773 g/mol. The molecular formula is C62H56N2. The third-order valence-electron chi connectivity index (χ3n) is 13.3. The minimum absolute atomic E-state index is 0.279. The lowest BCUT2D eigenvalue weighted by Crippen LogP contribution is -2.15. The Morgan fingerprint density at radius 3 is 1.09 bits per heavy atom. The quantitative estimate of drug-likeness (QED) is 0.127. The summed E-state index contributed by atoms with van der Waals surface area (Å²) in [4.78, 5) is 5.12. The zero-order valence-electron chi connectivity index (χ0n) is 38.4. The van der Waals surface area contributed by atoms with Crippen molar-refractivity contribution in [2.75, 3.05) is 9.80 Å². The van der Waals surface area contributed by atoms with Gasteiger partial charge < -0.3 is 9.80 Å². The molecule has 10 rings (SSSR count). The lowest BCUT2D eigenvalue weighted by Gasteiger charge is -2.34. The number of hydrogen-bond donors (Lipinski definition) is 0. The molecule has 0 fully saturated rings. The van der Waals surface area contributed by atoms with Crippen LogP contribution in [0.3, 0.4) is 0 Å². The van der Waals surface area contributed by atoms with Crippen LogP contribution in [0.5, 0.6) is 0 Å². The monoisotopic (exact) mass is 828 g/mol. The zero-order valence-corrected chi connectivity index (χ0v) is 38.4. The Morgan fingerprint density at radius 2 is 0.719 bits per heavy atom. The summed E-state index contributed by atoms with van der Waals surface area (Å²) in [6.07, 6.45) is 0. The molecule has 0 aromatic heterocycles. The van der Waals surface area contributed by atoms with E-state index < -0.39 is 0 Å². The molecule has 0 saturated heterocycles. The van der Waals surface area contributed by atoms with E-state index in [-0.39, 0.29) is 11.8 Å². The van der Waals surface area contributed by atoms with Gasteiger partial charge in [0, 0.05) is 33.3 Å². The highest BCUT2D eigenvalue weighted by atomic mass is 15.2. The largest absolute Gasteiger partial charge is 0.309 e. The van der Waals surface area contributed by atoms with Crippen LogP contribution in [0.2, 0.25) is 0 Å². The highest BCUT2D eigenvalue weighted by molar-refractivity contribution is 6.29. The van der Waals surface area contributed by atoms with E-state index in [1.165, 1.54) is 111 Å². The Balaban J connectivity index is 1.36. The predicted octanol–water partition coefficient (Wildman–Crippen LogP) is 18.3. The average molecular weight is 829 g/mol. The van der Waals surface area contributed by atoms with Gasteiger partial charge in [-0.3, -0.25) is 0 Å². The molecule has 10 aromatic carbocycles. The molecule has 0 amide bonds. The van der Waals surface area contributed by atoms with Crippen molar-refractivity contribution in [3.05, 3.63) is 215 Å². The lowest BCUT2D eigenvalue weighted by atomic mass is 9.83. The Morgan fingerprint density at radius 1 is 0.344 bits per heavy atom. The molecule has 0 bridgehead atoms. The molecule has 0 N–H and O–H groups in total. The number of hydrogen-bond acceptors (Lipinski definition) is 2. The molecule has 314 valence electrons. The fourth-order valence-corrected chi connectivity index (χ4v) is 10.3. The first kappa shape index (κ1) is 40.9. The first-order valence-electron chi connectivity index (χ1n) is 22.9. The number of para-hydroxylation sites is 2. The van der Waals surface area contributed by atoms with Crippen LogP contribution in [0.4, 0.5) is 34.1 Å². The molecule has 2 heteroatoms. The summed E-state index contributed by atoms with van der Waals surface area (Å²) >= 11 is 0. The van der Waals surface area contributed by atoms with Crippen LogP contribution in [0, 0.1) is 27.7 Å². The first-order chi connectivity index (χ1) is 31.1. The van der Waals surface area contributed by atoms with E-state index in [1.54, 1.807) is 0 Å². The second-order valence-corrected chi connectivity index (χ2v) is 18.4. The number of nitrogens with zero attached hydrogens (tertiary/aromatic N) is 2. The summed E-state index contributed by atoms with van der Waals surface area (Å²) in [6.45, 7) is 18.3. The van der Waals surface area contributed by atoms with E-state index in [0.29, 0.717) is 0 Å². The molecule has 0 radical (unpaired) electrons. The maximum atomic E-state index is 2.56. The maximum Gasteiger partial charge on any atom is 0.0569 e. The van der Waals surface area contributed by atoms with Gasteiger partial charge in [0.05, 0.1) is 22.7 Å². The molecule has 0 aliphatic carbocycles. The number of anilines is 6. The van der Waals surface area contributed by atoms with E-state index in [2.05, 4.69) is 247 Å². The van der Waals surface area contributed by atoms with Crippen molar-refractivity contribution in [3.8, 4) is 22.3 Å². The summed E-state index contributed by atoms with van der Waals surface area (Å²) in [5.74, 6) is 0.558. The van der Waals surface area contributed by atoms with E-state index >= 15 is 0 Å². The van der Waals surface area contributed by atoms with E-state index in [4.69, 9.17) is 0 Å². The predicted molar refractivity (Wildman–Crippen MR) is 278 cm³/mol. The van der Waals surface area contributed by atoms with Gasteiger partial charge in [0.1, 0.15) is 0 Å². The average Bonchev–Trinajstić information content (AvgIpc) is 3.30. The molecule has 0 aliphatic rings. The standard InChI is InChI=1S/C62H56N2/c1-39(2)55-37-57(63(47-27-15-19-41(5)35-47)61-43(7)21-17-29-49(61)45-23-11-9-12-24-45)53-34-32-52-56(40(3)4)38-58(54-33-31-51(55)59(53)60(52)54)64(48-28-16-20-42(6)36-48)62-44(8)22-18-30-50(62)46-25-13-10-14-26-46/h9-40H,1-8H3. The normalized spacial score (nSPS) is 11.7. The molecule has 0 atom stereocenters. The topological polar surface area (TPSA) is 6.48 Å². The van der Waals surface area contributed by atoms with Crippen LogP contribution in [0.25, 0.3) is 54.6 Å². The van der Waals surface area contributed by atoms with Gasteiger partial charge in [0.15, 0.2) is 0 Å². The van der Waals surface area contributed by atoms with Crippen LogP contribution in [0.15, 0.2) is 182 Å². The summed E-state index contributed by atoms with van der Waals surface area (Å²) in [7, 11) is 0. The molecule has 0 saturated carbocycles. The Labute approximate surface area is 379 Å². The molecule has 10 aromatic rings. The van der Waals surface area contributed by atoms with Crippen molar-refractivity contribution in [3.63, 3.8) is 0 Å². The van der Waals surface area contributed by atoms with Gasteiger partial charge in [-0.15, -0.1) is 0 Å². The summed E-state index contributed by atoms with van der Waals surface area (Å²) in [6, 6.07) is 68.0. The van der Waals surface area contributed by atoms with Gasteiger partial charge in [0.25, 0.3) is 0 Å². The zero-order chi connectivity index (χ0) is 44.2. The Kier molecular flexibility index (Phi) is 10.6. The van der Waals surface area contributed by atoms with Crippen LogP contribution in [-0.4, -0.2) is 0 Å². The summed E-state index contributed by atoms with van der Waals surface area (Å²) in [5.41, 5.74) is 19.5. The van der Waals surface area contributed by atoms with E-state index in [1.807, 2.05) is 0 Å². The molecule has 0 heterocycles. The smallest absolute Gasteiger partial charge is 0.0569 e. The van der Waals surface area contributed by atoms with Crippen molar-refractivity contribution in [1.82, 2.24) is 0 Å². The van der Waals surface area contributed by atoms with Gasteiger partial charge in [-0.05, 0) is 142 Å². The van der Waals surface area contributed by atoms with Crippen LogP contribution in [0.1, 0.15) is 72.9 Å². The van der Waals surface area contributed by atoms with Crippen molar-refractivity contribution in [2.24, 2.45) is 0 Å². The minimum Gasteiger partial charge on any atom is -0.309 e. The van der Waals surface area contributed by atoms with Gasteiger partial charge in [-0.1, -0.05) is 173 Å². The molecule has 0 unspecified atom stereocenters. The third kappa shape index (κ3) is 6.99. The molecule has 0 spiro atoms. The van der Waals surface area contributed by atoms with Crippen molar-refractivity contribution in [1.29, 1.82) is 0 Å². The fourth-order valence-electron chi connectivity index (χ4n) is 10.3. The highest BCUT2D eigenvalue weighted by Gasteiger charge is 2.28. The lowest BCUT2D eigenvalue weighted by molar-refractivity contribution is 0.875. The Hall–Kier alpha value is -7.16. The maximum absolute atomic E-state index is 2.56. The number of benzene rings is 10. The fraction of sp³-hybridized carbons (Fsp3) is 0.161.